The molecule has 0 bridgehead atoms. The van der Waals surface area contributed by atoms with Gasteiger partial charge in [0.15, 0.2) is 0 Å². The third kappa shape index (κ3) is 3.95. The van der Waals surface area contributed by atoms with Crippen LogP contribution in [0.2, 0.25) is 5.02 Å². The van der Waals surface area contributed by atoms with Crippen molar-refractivity contribution in [2.75, 3.05) is 0 Å². The lowest BCUT2D eigenvalue weighted by Gasteiger charge is -1.92. The minimum Gasteiger partial charge on any atom is -0.0843 e. The summed E-state index contributed by atoms with van der Waals surface area (Å²) >= 11 is 5.84. The Bertz CT molecular complexity index is 331. The fourth-order valence-electron chi connectivity index (χ4n) is 0.962. The molecule has 0 aliphatic heterocycles. The van der Waals surface area contributed by atoms with E-state index in [9.17, 15) is 0 Å². The minimum atomic E-state index is 0.777. The average Bonchev–Trinajstić information content (AvgIpc) is 2.03. The molecule has 0 fully saturated rings. The van der Waals surface area contributed by atoms with Crippen molar-refractivity contribution in [1.82, 2.24) is 0 Å². The number of allylic oxidation sites excluding steroid dienone is 3. The molecule has 0 amide bonds. The first-order valence-electron chi connectivity index (χ1n) is 4.25. The van der Waals surface area contributed by atoms with Gasteiger partial charge in [0.1, 0.15) is 0 Å². The summed E-state index contributed by atoms with van der Waals surface area (Å²) in [6.45, 7) is 4.14. The van der Waals surface area contributed by atoms with Crippen molar-refractivity contribution in [3.63, 3.8) is 0 Å². The molecule has 0 atom stereocenters. The van der Waals surface area contributed by atoms with Crippen molar-refractivity contribution in [3.8, 4) is 0 Å². The summed E-state index contributed by atoms with van der Waals surface area (Å²) < 4.78 is 0. The number of hydrogen-bond acceptors (Lipinski definition) is 0. The Hall–Kier alpha value is -1.01. The fourth-order valence-corrected chi connectivity index (χ4v) is 1.16. The highest BCUT2D eigenvalue weighted by Gasteiger charge is 1.86. The minimum absolute atomic E-state index is 0.777. The molecular weight excluding hydrogens is 180 g/mol. The summed E-state index contributed by atoms with van der Waals surface area (Å²) in [5.74, 6) is 0. The van der Waals surface area contributed by atoms with Gasteiger partial charge in [0.05, 0.1) is 0 Å². The van der Waals surface area contributed by atoms with Gasteiger partial charge in [0.2, 0.25) is 0 Å². The smallest absolute Gasteiger partial charge is 0.0411 e. The Morgan fingerprint density at radius 2 is 2.08 bits per heavy atom. The van der Waals surface area contributed by atoms with E-state index >= 15 is 0 Å². The van der Waals surface area contributed by atoms with Crippen LogP contribution in [-0.4, -0.2) is 0 Å². The Morgan fingerprint density at radius 3 is 2.69 bits per heavy atom. The molecule has 0 aliphatic rings. The average molecular weight is 193 g/mol. The zero-order valence-corrected chi connectivity index (χ0v) is 8.68. The van der Waals surface area contributed by atoms with Crippen molar-refractivity contribution in [3.05, 3.63) is 52.6 Å². The van der Waals surface area contributed by atoms with Crippen LogP contribution < -0.4 is 0 Å². The molecule has 1 aromatic rings. The first kappa shape index (κ1) is 10.1. The van der Waals surface area contributed by atoms with Crippen molar-refractivity contribution < 1.29 is 0 Å². The van der Waals surface area contributed by atoms with Crippen molar-refractivity contribution in [1.29, 1.82) is 0 Å². The van der Waals surface area contributed by atoms with E-state index in [0.29, 0.717) is 0 Å². The summed E-state index contributed by atoms with van der Waals surface area (Å²) in [5.41, 5.74) is 2.42. The zero-order valence-electron chi connectivity index (χ0n) is 7.92. The number of halogens is 1. The van der Waals surface area contributed by atoms with Crippen LogP contribution in [0.25, 0.3) is 6.08 Å². The van der Waals surface area contributed by atoms with Crippen LogP contribution in [0.4, 0.5) is 0 Å². The monoisotopic (exact) mass is 192 g/mol. The van der Waals surface area contributed by atoms with Crippen LogP contribution in [0.15, 0.2) is 42.0 Å². The van der Waals surface area contributed by atoms with Crippen LogP contribution in [-0.2, 0) is 0 Å². The van der Waals surface area contributed by atoms with Crippen molar-refractivity contribution in [2.24, 2.45) is 0 Å². The molecule has 0 aliphatic carbocycles. The Balaban J connectivity index is 2.75. The Labute approximate surface area is 84.5 Å². The maximum Gasteiger partial charge on any atom is 0.0411 e. The zero-order chi connectivity index (χ0) is 9.68. The fraction of sp³-hybridized carbons (Fsp3) is 0.167. The van der Waals surface area contributed by atoms with Gasteiger partial charge in [-0.05, 0) is 31.5 Å². The van der Waals surface area contributed by atoms with Crippen LogP contribution in [0.3, 0.4) is 0 Å². The maximum absolute atomic E-state index is 5.84. The highest BCUT2D eigenvalue weighted by molar-refractivity contribution is 6.30. The molecule has 68 valence electrons. The van der Waals surface area contributed by atoms with Gasteiger partial charge in [-0.25, -0.2) is 0 Å². The number of rotatable bonds is 2. The van der Waals surface area contributed by atoms with E-state index in [1.165, 1.54) is 5.57 Å². The number of benzene rings is 1. The van der Waals surface area contributed by atoms with Crippen molar-refractivity contribution >= 4 is 17.7 Å². The highest BCUT2D eigenvalue weighted by Crippen LogP contribution is 2.11. The molecule has 0 saturated carbocycles. The number of hydrogen-bond donors (Lipinski definition) is 0. The molecule has 0 saturated heterocycles. The standard InChI is InChI=1S/C12H13Cl/c1-10(2)5-3-6-11-7-4-8-12(13)9-11/h3-9H,1-2H3/b6-3-. The molecule has 1 aromatic carbocycles. The molecule has 1 rings (SSSR count). The third-order valence-corrected chi connectivity index (χ3v) is 1.80. The summed E-state index contributed by atoms with van der Waals surface area (Å²) in [5, 5.41) is 0.777. The van der Waals surface area contributed by atoms with Gasteiger partial charge in [-0.2, -0.15) is 0 Å². The molecule has 0 heterocycles. The lowest BCUT2D eigenvalue weighted by molar-refractivity contribution is 1.40. The van der Waals surface area contributed by atoms with Gasteiger partial charge in [-0.1, -0.05) is 47.5 Å². The largest absolute Gasteiger partial charge is 0.0843 e. The molecular formula is C12H13Cl. The second kappa shape index (κ2) is 4.88. The van der Waals surface area contributed by atoms with Crippen LogP contribution in [0.5, 0.6) is 0 Å². The SMILES string of the molecule is CC(C)=C/C=C\c1cccc(Cl)c1. The van der Waals surface area contributed by atoms with Gasteiger partial charge in [-0.15, -0.1) is 0 Å². The summed E-state index contributed by atoms with van der Waals surface area (Å²) in [7, 11) is 0. The molecule has 0 spiro atoms. The Morgan fingerprint density at radius 1 is 1.31 bits per heavy atom. The van der Waals surface area contributed by atoms with E-state index in [1.54, 1.807) is 0 Å². The van der Waals surface area contributed by atoms with E-state index in [1.807, 2.05) is 36.4 Å². The summed E-state index contributed by atoms with van der Waals surface area (Å²) in [6.07, 6.45) is 6.14. The molecule has 0 nitrogen and oxygen atoms in total. The van der Waals surface area contributed by atoms with Crippen LogP contribution >= 0.6 is 11.6 Å². The molecule has 1 heteroatoms. The second-order valence-electron chi connectivity index (χ2n) is 3.16. The van der Waals surface area contributed by atoms with Crippen LogP contribution in [0.1, 0.15) is 19.4 Å². The lowest BCUT2D eigenvalue weighted by Crippen LogP contribution is -1.70. The summed E-state index contributed by atoms with van der Waals surface area (Å²) in [6, 6.07) is 7.79. The summed E-state index contributed by atoms with van der Waals surface area (Å²) in [4.78, 5) is 0. The van der Waals surface area contributed by atoms with E-state index < -0.39 is 0 Å². The predicted molar refractivity (Wildman–Crippen MR) is 59.9 cm³/mol. The van der Waals surface area contributed by atoms with E-state index in [0.717, 1.165) is 10.6 Å². The van der Waals surface area contributed by atoms with Gasteiger partial charge < -0.3 is 0 Å². The molecule has 0 radical (unpaired) electrons. The maximum atomic E-state index is 5.84. The van der Waals surface area contributed by atoms with E-state index in [-0.39, 0.29) is 0 Å². The first-order chi connectivity index (χ1) is 6.18. The second-order valence-corrected chi connectivity index (χ2v) is 3.59. The predicted octanol–water partition coefficient (Wildman–Crippen LogP) is 4.32. The molecule has 0 N–H and O–H groups in total. The topological polar surface area (TPSA) is 0 Å². The lowest BCUT2D eigenvalue weighted by atomic mass is 10.2. The highest BCUT2D eigenvalue weighted by atomic mass is 35.5. The van der Waals surface area contributed by atoms with E-state index in [4.69, 9.17) is 11.6 Å². The molecule has 0 unspecified atom stereocenters. The van der Waals surface area contributed by atoms with Gasteiger partial charge in [0, 0.05) is 5.02 Å². The van der Waals surface area contributed by atoms with Gasteiger partial charge in [-0.3, -0.25) is 0 Å². The van der Waals surface area contributed by atoms with E-state index in [2.05, 4.69) is 19.9 Å². The van der Waals surface area contributed by atoms with Gasteiger partial charge in [0.25, 0.3) is 0 Å². The first-order valence-corrected chi connectivity index (χ1v) is 4.63. The third-order valence-electron chi connectivity index (χ3n) is 1.57. The van der Waals surface area contributed by atoms with Crippen LogP contribution in [0, 0.1) is 0 Å². The quantitative estimate of drug-likeness (QED) is 0.613. The molecule has 13 heavy (non-hydrogen) atoms. The van der Waals surface area contributed by atoms with Crippen molar-refractivity contribution in [2.45, 2.75) is 13.8 Å². The van der Waals surface area contributed by atoms with Gasteiger partial charge >= 0.3 is 0 Å². The Kier molecular flexibility index (Phi) is 3.78. The normalized spacial score (nSPS) is 10.4. The molecule has 0 aromatic heterocycles.